The van der Waals surface area contributed by atoms with E-state index in [2.05, 4.69) is 27.0 Å². The minimum Gasteiger partial charge on any atom is -0.378 e. The largest absolute Gasteiger partial charge is 0.378 e. The summed E-state index contributed by atoms with van der Waals surface area (Å²) >= 11 is 6.21. The Morgan fingerprint density at radius 2 is 2.03 bits per heavy atom. The number of halogens is 1. The summed E-state index contributed by atoms with van der Waals surface area (Å²) < 4.78 is 0. The van der Waals surface area contributed by atoms with Crippen LogP contribution in [-0.2, 0) is 4.79 Å². The Balaban J connectivity index is 1.41. The quantitative estimate of drug-likeness (QED) is 0.392. The number of aromatic nitrogens is 1. The lowest BCUT2D eigenvalue weighted by Crippen LogP contribution is -2.55. The third kappa shape index (κ3) is 5.90. The lowest BCUT2D eigenvalue weighted by molar-refractivity contribution is -0.123. The molecule has 1 saturated carbocycles. The second-order valence-corrected chi connectivity index (χ2v) is 10.7. The molecule has 182 valence electrons. The van der Waals surface area contributed by atoms with Gasteiger partial charge in [-0.1, -0.05) is 36.6 Å². The van der Waals surface area contributed by atoms with Crippen molar-refractivity contribution in [2.24, 2.45) is 11.8 Å². The zero-order valence-electron chi connectivity index (χ0n) is 19.5. The Bertz CT molecular complexity index is 1100. The van der Waals surface area contributed by atoms with Crippen LogP contribution in [0.25, 0.3) is 10.9 Å². The molecule has 2 aromatic rings. The fraction of sp³-hybridized carbons (Fsp3) is 0.560. The van der Waals surface area contributed by atoms with Gasteiger partial charge in [-0.15, -0.1) is 0 Å². The van der Waals surface area contributed by atoms with Crippen LogP contribution in [0, 0.1) is 23.2 Å². The number of H-pyrrole nitrogens is 1. The van der Waals surface area contributed by atoms with Crippen LogP contribution < -0.4 is 16.0 Å². The highest BCUT2D eigenvalue weighted by atomic mass is 35.5. The molecule has 5 N–H and O–H groups in total. The van der Waals surface area contributed by atoms with Crippen LogP contribution in [0.3, 0.4) is 0 Å². The first kappa shape index (κ1) is 24.5. The number of rotatable bonds is 8. The molecule has 1 aromatic heterocycles. The van der Waals surface area contributed by atoms with E-state index in [4.69, 9.17) is 11.6 Å². The molecule has 2 amide bonds. The van der Waals surface area contributed by atoms with Gasteiger partial charge in [0.1, 0.15) is 24.0 Å². The number of nitrogens with one attached hydrogen (secondary N) is 4. The number of aliphatic hydroxyl groups excluding tert-OH is 1. The van der Waals surface area contributed by atoms with Crippen molar-refractivity contribution in [1.82, 2.24) is 20.9 Å². The summed E-state index contributed by atoms with van der Waals surface area (Å²) in [5, 5.41) is 30.2. The second kappa shape index (κ2) is 9.95. The molecule has 0 radical (unpaired) electrons. The fourth-order valence-electron chi connectivity index (χ4n) is 4.66. The average molecular weight is 486 g/mol. The van der Waals surface area contributed by atoms with Gasteiger partial charge in [-0.3, -0.25) is 14.9 Å². The normalized spacial score (nSPS) is 23.6. The number of aromatic amines is 1. The van der Waals surface area contributed by atoms with Crippen LogP contribution in [0.2, 0.25) is 5.02 Å². The van der Waals surface area contributed by atoms with Crippen molar-refractivity contribution in [2.75, 3.05) is 0 Å². The molecule has 9 heteroatoms. The molecular weight excluding hydrogens is 454 g/mol. The summed E-state index contributed by atoms with van der Waals surface area (Å²) in [6.07, 6.45) is 3.83. The van der Waals surface area contributed by atoms with E-state index in [0.29, 0.717) is 35.0 Å². The molecule has 1 aliphatic carbocycles. The molecular formula is C25H32ClN5O3. The van der Waals surface area contributed by atoms with E-state index >= 15 is 0 Å². The highest BCUT2D eigenvalue weighted by Gasteiger charge is 2.36. The predicted octanol–water partition coefficient (Wildman–Crippen LogP) is 3.21. The minimum atomic E-state index is -0.749. The van der Waals surface area contributed by atoms with Gasteiger partial charge in [-0.2, -0.15) is 5.26 Å². The van der Waals surface area contributed by atoms with Crippen molar-refractivity contribution < 1.29 is 14.7 Å². The van der Waals surface area contributed by atoms with Gasteiger partial charge in [0, 0.05) is 16.8 Å². The molecule has 1 saturated heterocycles. The zero-order chi connectivity index (χ0) is 24.5. The van der Waals surface area contributed by atoms with Gasteiger partial charge in [0.05, 0.1) is 16.6 Å². The van der Waals surface area contributed by atoms with E-state index in [1.807, 2.05) is 26.0 Å². The highest BCUT2D eigenvalue weighted by molar-refractivity contribution is 6.35. The Kier molecular flexibility index (Phi) is 7.17. The van der Waals surface area contributed by atoms with Gasteiger partial charge in [0.2, 0.25) is 5.91 Å². The molecule has 4 rings (SSSR count). The number of aliphatic hydroxyl groups is 1. The van der Waals surface area contributed by atoms with E-state index < -0.39 is 24.2 Å². The summed E-state index contributed by atoms with van der Waals surface area (Å²) in [5.41, 5.74) is 0.839. The number of carbonyl (C=O) groups is 2. The number of benzene rings is 1. The maximum Gasteiger partial charge on any atom is 0.268 e. The van der Waals surface area contributed by atoms with Gasteiger partial charge >= 0.3 is 0 Å². The number of piperidine rings is 1. The van der Waals surface area contributed by atoms with Gasteiger partial charge in [0.15, 0.2) is 0 Å². The second-order valence-electron chi connectivity index (χ2n) is 10.3. The van der Waals surface area contributed by atoms with E-state index in [1.54, 1.807) is 12.1 Å². The van der Waals surface area contributed by atoms with Crippen LogP contribution in [-0.4, -0.2) is 45.8 Å². The number of fused-ring (bicyclic) bond motifs is 1. The predicted molar refractivity (Wildman–Crippen MR) is 130 cm³/mol. The van der Waals surface area contributed by atoms with Gasteiger partial charge in [-0.05, 0) is 57.6 Å². The molecule has 2 heterocycles. The fourth-order valence-corrected chi connectivity index (χ4v) is 4.89. The molecule has 4 atom stereocenters. The van der Waals surface area contributed by atoms with Crippen LogP contribution >= 0.6 is 11.6 Å². The molecule has 1 unspecified atom stereocenters. The molecule has 0 bridgehead atoms. The van der Waals surface area contributed by atoms with Crippen molar-refractivity contribution in [3.63, 3.8) is 0 Å². The monoisotopic (exact) mass is 485 g/mol. The maximum absolute atomic E-state index is 13.1. The van der Waals surface area contributed by atoms with E-state index in [9.17, 15) is 20.0 Å². The number of nitrogens with zero attached hydrogens (tertiary/aromatic N) is 1. The standard InChI is InChI=1S/C25H32ClN5O3/c1-25(2)9-8-16(22(32)31-25)11-17(13-27)28-23(33)19(10-14-6-7-14)30-24(34)20-12-15-4-3-5-18(26)21(15)29-20/h3-5,12,14,16-17,19,22,29,31-32H,6-11H2,1-2H3,(H,28,33)(H,30,34)/t16-,17-,19-,22?/m0/s1. The third-order valence-corrected chi connectivity index (χ3v) is 7.19. The number of nitriles is 1. The van der Waals surface area contributed by atoms with E-state index in [0.717, 1.165) is 31.1 Å². The number of amides is 2. The van der Waals surface area contributed by atoms with E-state index in [1.165, 1.54) is 0 Å². The number of carbonyl (C=O) groups excluding carboxylic acids is 2. The molecule has 2 fully saturated rings. The Hall–Kier alpha value is -2.60. The Labute approximate surface area is 204 Å². The maximum atomic E-state index is 13.1. The minimum absolute atomic E-state index is 0.134. The summed E-state index contributed by atoms with van der Waals surface area (Å²) in [4.78, 5) is 29.1. The first-order chi connectivity index (χ1) is 16.1. The van der Waals surface area contributed by atoms with Gasteiger partial charge in [-0.25, -0.2) is 0 Å². The van der Waals surface area contributed by atoms with Crippen molar-refractivity contribution in [2.45, 2.75) is 76.2 Å². The van der Waals surface area contributed by atoms with Crippen LogP contribution in [0.15, 0.2) is 24.3 Å². The molecule has 8 nitrogen and oxygen atoms in total. The number of para-hydroxylation sites is 1. The van der Waals surface area contributed by atoms with Crippen LogP contribution in [0.1, 0.15) is 62.9 Å². The lowest BCUT2D eigenvalue weighted by Gasteiger charge is -2.40. The molecule has 0 spiro atoms. The summed E-state index contributed by atoms with van der Waals surface area (Å²) in [6, 6.07) is 7.78. The van der Waals surface area contributed by atoms with E-state index in [-0.39, 0.29) is 17.4 Å². The molecule has 2 aliphatic rings. The summed E-state index contributed by atoms with van der Waals surface area (Å²) in [6.45, 7) is 4.06. The smallest absolute Gasteiger partial charge is 0.268 e. The number of hydrogen-bond donors (Lipinski definition) is 5. The van der Waals surface area contributed by atoms with Crippen molar-refractivity contribution in [1.29, 1.82) is 5.26 Å². The third-order valence-electron chi connectivity index (χ3n) is 6.87. The van der Waals surface area contributed by atoms with Crippen molar-refractivity contribution in [3.05, 3.63) is 35.0 Å². The highest BCUT2D eigenvalue weighted by Crippen LogP contribution is 2.34. The lowest BCUT2D eigenvalue weighted by atomic mass is 9.83. The first-order valence-electron chi connectivity index (χ1n) is 11.9. The van der Waals surface area contributed by atoms with Crippen LogP contribution in [0.5, 0.6) is 0 Å². The Morgan fingerprint density at radius 3 is 2.68 bits per heavy atom. The average Bonchev–Trinajstić information content (AvgIpc) is 3.48. The topological polar surface area (TPSA) is 130 Å². The SMILES string of the molecule is CC1(C)CC[C@@H](C[C@@H](C#N)NC(=O)[C@H](CC2CC2)NC(=O)c2cc3cccc(Cl)c3[nH]2)C(O)N1. The molecule has 1 aromatic carbocycles. The summed E-state index contributed by atoms with van der Waals surface area (Å²) in [5.74, 6) is -0.513. The molecule has 34 heavy (non-hydrogen) atoms. The van der Waals surface area contributed by atoms with Crippen LogP contribution in [0.4, 0.5) is 0 Å². The van der Waals surface area contributed by atoms with Crippen molar-refractivity contribution >= 4 is 34.3 Å². The zero-order valence-corrected chi connectivity index (χ0v) is 20.3. The first-order valence-corrected chi connectivity index (χ1v) is 12.3. The summed E-state index contributed by atoms with van der Waals surface area (Å²) in [7, 11) is 0. The van der Waals surface area contributed by atoms with Gasteiger partial charge in [0.25, 0.3) is 5.91 Å². The van der Waals surface area contributed by atoms with Crippen molar-refractivity contribution in [3.8, 4) is 6.07 Å². The number of hydrogen-bond acceptors (Lipinski definition) is 5. The molecule has 1 aliphatic heterocycles. The Morgan fingerprint density at radius 1 is 1.26 bits per heavy atom. The van der Waals surface area contributed by atoms with Gasteiger partial charge < -0.3 is 20.7 Å².